The van der Waals surface area contributed by atoms with Crippen LogP contribution in [0.1, 0.15) is 23.2 Å². The summed E-state index contributed by atoms with van der Waals surface area (Å²) in [6.07, 6.45) is 2.23. The van der Waals surface area contributed by atoms with Crippen molar-refractivity contribution >= 4 is 17.5 Å². The number of carbonyl (C=O) groups is 1. The van der Waals surface area contributed by atoms with Crippen molar-refractivity contribution < 1.29 is 4.79 Å². The number of hydrogen-bond donors (Lipinski definition) is 1. The number of likely N-dealkylation sites (tertiary alicyclic amines) is 1. The number of halogens is 1. The predicted molar refractivity (Wildman–Crippen MR) is 76.4 cm³/mol. The molecule has 2 aliphatic rings. The lowest BCUT2D eigenvalue weighted by molar-refractivity contribution is 0.0758. The van der Waals surface area contributed by atoms with Gasteiger partial charge in [0.25, 0.3) is 5.91 Å². The molecular formula is C15H19ClN2O. The highest BCUT2D eigenvalue weighted by atomic mass is 35.5. The number of carbonyl (C=O) groups excluding carboxylic acids is 1. The summed E-state index contributed by atoms with van der Waals surface area (Å²) in [6, 6.07) is 7.25. The highest BCUT2D eigenvalue weighted by molar-refractivity contribution is 6.30. The molecule has 2 aliphatic heterocycles. The van der Waals surface area contributed by atoms with Crippen molar-refractivity contribution in [3.05, 3.63) is 34.9 Å². The maximum Gasteiger partial charge on any atom is 0.253 e. The molecular weight excluding hydrogens is 260 g/mol. The molecule has 2 saturated heterocycles. The van der Waals surface area contributed by atoms with E-state index < -0.39 is 0 Å². The van der Waals surface area contributed by atoms with E-state index >= 15 is 0 Å². The molecule has 0 unspecified atom stereocenters. The summed E-state index contributed by atoms with van der Waals surface area (Å²) in [6.45, 7) is 3.97. The van der Waals surface area contributed by atoms with E-state index in [2.05, 4.69) is 5.32 Å². The van der Waals surface area contributed by atoms with Crippen LogP contribution in [-0.4, -0.2) is 37.0 Å². The van der Waals surface area contributed by atoms with Crippen LogP contribution < -0.4 is 5.32 Å². The van der Waals surface area contributed by atoms with Gasteiger partial charge in [-0.05, 0) is 56.0 Å². The molecule has 1 amide bonds. The Kier molecular flexibility index (Phi) is 3.76. The van der Waals surface area contributed by atoms with Crippen molar-refractivity contribution in [2.75, 3.05) is 26.2 Å². The van der Waals surface area contributed by atoms with E-state index in [0.29, 0.717) is 10.6 Å². The van der Waals surface area contributed by atoms with Crippen LogP contribution in [0.3, 0.4) is 0 Å². The molecule has 102 valence electrons. The van der Waals surface area contributed by atoms with Crippen LogP contribution in [0.2, 0.25) is 5.02 Å². The SMILES string of the molecule is O=C(c1cccc(Cl)c1)N1CC[C@@H]2CNC[C@@H]2CC1. The van der Waals surface area contributed by atoms with E-state index in [4.69, 9.17) is 11.6 Å². The first-order valence-corrected chi connectivity index (χ1v) is 7.37. The molecule has 1 N–H and O–H groups in total. The minimum Gasteiger partial charge on any atom is -0.339 e. The number of nitrogens with one attached hydrogen (secondary N) is 1. The topological polar surface area (TPSA) is 32.3 Å². The number of fused-ring (bicyclic) bond motifs is 1. The van der Waals surface area contributed by atoms with Gasteiger partial charge in [-0.15, -0.1) is 0 Å². The first kappa shape index (κ1) is 12.9. The van der Waals surface area contributed by atoms with Crippen molar-refractivity contribution in [2.45, 2.75) is 12.8 Å². The molecule has 2 heterocycles. The molecule has 0 saturated carbocycles. The second-order valence-electron chi connectivity index (χ2n) is 5.56. The van der Waals surface area contributed by atoms with Gasteiger partial charge < -0.3 is 10.2 Å². The van der Waals surface area contributed by atoms with Crippen molar-refractivity contribution in [2.24, 2.45) is 11.8 Å². The maximum atomic E-state index is 12.5. The van der Waals surface area contributed by atoms with E-state index in [0.717, 1.165) is 50.9 Å². The van der Waals surface area contributed by atoms with Gasteiger partial charge in [0.1, 0.15) is 0 Å². The smallest absolute Gasteiger partial charge is 0.253 e. The lowest BCUT2D eigenvalue weighted by atomic mass is 9.92. The standard InChI is InChI=1S/C15H19ClN2O/c16-14-3-1-2-11(8-14)15(19)18-6-4-12-9-17-10-13(12)5-7-18/h1-3,8,12-13,17H,4-7,9-10H2/t12-,13+. The second-order valence-corrected chi connectivity index (χ2v) is 5.99. The summed E-state index contributed by atoms with van der Waals surface area (Å²) in [5.41, 5.74) is 0.706. The van der Waals surface area contributed by atoms with Crippen LogP contribution in [0.25, 0.3) is 0 Å². The Morgan fingerprint density at radius 2 is 1.89 bits per heavy atom. The quantitative estimate of drug-likeness (QED) is 0.856. The van der Waals surface area contributed by atoms with Gasteiger partial charge >= 0.3 is 0 Å². The van der Waals surface area contributed by atoms with Crippen LogP contribution in [0.15, 0.2) is 24.3 Å². The van der Waals surface area contributed by atoms with Gasteiger partial charge in [0, 0.05) is 23.7 Å². The Labute approximate surface area is 118 Å². The van der Waals surface area contributed by atoms with Crippen molar-refractivity contribution in [3.8, 4) is 0 Å². The van der Waals surface area contributed by atoms with Gasteiger partial charge in [0.15, 0.2) is 0 Å². The van der Waals surface area contributed by atoms with Gasteiger partial charge in [-0.1, -0.05) is 17.7 Å². The number of benzene rings is 1. The molecule has 2 fully saturated rings. The first-order chi connectivity index (χ1) is 9.24. The zero-order valence-electron chi connectivity index (χ0n) is 10.9. The largest absolute Gasteiger partial charge is 0.339 e. The Morgan fingerprint density at radius 1 is 1.21 bits per heavy atom. The molecule has 4 heteroatoms. The Balaban J connectivity index is 1.70. The number of amides is 1. The van der Waals surface area contributed by atoms with Gasteiger partial charge in [-0.2, -0.15) is 0 Å². The minimum atomic E-state index is 0.121. The average molecular weight is 279 g/mol. The summed E-state index contributed by atoms with van der Waals surface area (Å²) in [5.74, 6) is 1.62. The van der Waals surface area contributed by atoms with Crippen LogP contribution in [0.5, 0.6) is 0 Å². The Bertz CT molecular complexity index is 463. The van der Waals surface area contributed by atoms with Gasteiger partial charge in [0.05, 0.1) is 0 Å². The van der Waals surface area contributed by atoms with Crippen LogP contribution >= 0.6 is 11.6 Å². The van der Waals surface area contributed by atoms with Crippen LogP contribution in [0.4, 0.5) is 0 Å². The Morgan fingerprint density at radius 3 is 2.53 bits per heavy atom. The highest BCUT2D eigenvalue weighted by Crippen LogP contribution is 2.27. The molecule has 19 heavy (non-hydrogen) atoms. The van der Waals surface area contributed by atoms with Gasteiger partial charge in [-0.25, -0.2) is 0 Å². The fourth-order valence-electron chi connectivity index (χ4n) is 3.23. The van der Waals surface area contributed by atoms with Gasteiger partial charge in [-0.3, -0.25) is 4.79 Å². The van der Waals surface area contributed by atoms with Crippen LogP contribution in [0, 0.1) is 11.8 Å². The lowest BCUT2D eigenvalue weighted by Gasteiger charge is -2.21. The summed E-state index contributed by atoms with van der Waals surface area (Å²) in [7, 11) is 0. The van der Waals surface area contributed by atoms with E-state index in [1.54, 1.807) is 12.1 Å². The molecule has 0 spiro atoms. The third-order valence-electron chi connectivity index (χ3n) is 4.38. The maximum absolute atomic E-state index is 12.5. The lowest BCUT2D eigenvalue weighted by Crippen LogP contribution is -2.32. The molecule has 1 aromatic carbocycles. The van der Waals surface area contributed by atoms with E-state index in [9.17, 15) is 4.79 Å². The summed E-state index contributed by atoms with van der Waals surface area (Å²) < 4.78 is 0. The molecule has 0 aromatic heterocycles. The Hall–Kier alpha value is -1.06. The fourth-order valence-corrected chi connectivity index (χ4v) is 3.42. The molecule has 3 nitrogen and oxygen atoms in total. The fraction of sp³-hybridized carbons (Fsp3) is 0.533. The predicted octanol–water partition coefficient (Wildman–Crippen LogP) is 2.41. The van der Waals surface area contributed by atoms with Gasteiger partial charge in [0.2, 0.25) is 0 Å². The summed E-state index contributed by atoms with van der Waals surface area (Å²) >= 11 is 5.96. The normalized spacial score (nSPS) is 26.9. The number of rotatable bonds is 1. The molecule has 1 aromatic rings. The zero-order valence-corrected chi connectivity index (χ0v) is 11.7. The highest BCUT2D eigenvalue weighted by Gasteiger charge is 2.31. The van der Waals surface area contributed by atoms with Crippen LogP contribution in [-0.2, 0) is 0 Å². The number of hydrogen-bond acceptors (Lipinski definition) is 2. The molecule has 3 rings (SSSR count). The number of nitrogens with zero attached hydrogens (tertiary/aromatic N) is 1. The van der Waals surface area contributed by atoms with Crippen molar-refractivity contribution in [1.29, 1.82) is 0 Å². The van der Waals surface area contributed by atoms with E-state index in [1.165, 1.54) is 0 Å². The molecule has 2 atom stereocenters. The average Bonchev–Trinajstić information content (AvgIpc) is 2.77. The molecule has 0 radical (unpaired) electrons. The van der Waals surface area contributed by atoms with Crippen molar-refractivity contribution in [1.82, 2.24) is 10.2 Å². The first-order valence-electron chi connectivity index (χ1n) is 6.99. The summed E-state index contributed by atoms with van der Waals surface area (Å²) in [5, 5.41) is 4.08. The van der Waals surface area contributed by atoms with E-state index in [1.807, 2.05) is 17.0 Å². The molecule has 0 aliphatic carbocycles. The summed E-state index contributed by atoms with van der Waals surface area (Å²) in [4.78, 5) is 14.5. The third-order valence-corrected chi connectivity index (χ3v) is 4.61. The van der Waals surface area contributed by atoms with Crippen molar-refractivity contribution in [3.63, 3.8) is 0 Å². The van der Waals surface area contributed by atoms with E-state index in [-0.39, 0.29) is 5.91 Å². The minimum absolute atomic E-state index is 0.121. The monoisotopic (exact) mass is 278 g/mol. The second kappa shape index (κ2) is 5.51. The zero-order chi connectivity index (χ0) is 13.2. The third kappa shape index (κ3) is 2.77. The molecule has 0 bridgehead atoms.